The summed E-state index contributed by atoms with van der Waals surface area (Å²) >= 11 is 7.30. The molecule has 0 unspecified atom stereocenters. The van der Waals surface area contributed by atoms with E-state index in [1.807, 2.05) is 12.1 Å². The molecule has 1 aromatic heterocycles. The molecule has 9 heteroatoms. The largest absolute Gasteiger partial charge is 1.00 e. The number of rotatable bonds is 1. The SMILES string of the molecule is Cl.Clc1ccc2nsnc2c1NC1=NCCN1.[Cl-].[H+]. The minimum Gasteiger partial charge on any atom is -1.00 e. The fourth-order valence-corrected chi connectivity index (χ4v) is 2.29. The van der Waals surface area contributed by atoms with E-state index in [9.17, 15) is 0 Å². The molecule has 0 spiro atoms. The van der Waals surface area contributed by atoms with Crippen LogP contribution in [0, 0.1) is 0 Å². The molecule has 98 valence electrons. The van der Waals surface area contributed by atoms with E-state index in [0.717, 1.165) is 35.8 Å². The molecule has 2 heterocycles. The van der Waals surface area contributed by atoms with E-state index in [1.54, 1.807) is 0 Å². The third-order valence-electron chi connectivity index (χ3n) is 2.29. The van der Waals surface area contributed by atoms with Gasteiger partial charge in [-0.2, -0.15) is 8.75 Å². The number of anilines is 1. The van der Waals surface area contributed by atoms with Gasteiger partial charge < -0.3 is 23.0 Å². The number of nitrogens with one attached hydrogen (secondary N) is 2. The Morgan fingerprint density at radius 1 is 1.39 bits per heavy atom. The molecule has 1 aromatic carbocycles. The Morgan fingerprint density at radius 2 is 2.22 bits per heavy atom. The van der Waals surface area contributed by atoms with Crippen LogP contribution in [0.15, 0.2) is 17.1 Å². The highest BCUT2D eigenvalue weighted by Gasteiger charge is 2.13. The van der Waals surface area contributed by atoms with Gasteiger partial charge in [0, 0.05) is 6.54 Å². The number of fused-ring (bicyclic) bond motifs is 1. The van der Waals surface area contributed by atoms with Gasteiger partial charge in [-0.05, 0) is 12.1 Å². The minimum absolute atomic E-state index is 0. The molecule has 5 nitrogen and oxygen atoms in total. The minimum atomic E-state index is 0. The van der Waals surface area contributed by atoms with E-state index in [1.165, 1.54) is 11.7 Å². The van der Waals surface area contributed by atoms with E-state index in [4.69, 9.17) is 11.6 Å². The number of hydrogen-bond acceptors (Lipinski definition) is 6. The van der Waals surface area contributed by atoms with Crippen LogP contribution in [-0.2, 0) is 0 Å². The van der Waals surface area contributed by atoms with Crippen molar-refractivity contribution in [3.05, 3.63) is 17.2 Å². The van der Waals surface area contributed by atoms with Crippen LogP contribution in [0.4, 0.5) is 5.69 Å². The third kappa shape index (κ3) is 2.77. The van der Waals surface area contributed by atoms with Gasteiger partial charge in [-0.15, -0.1) is 12.4 Å². The van der Waals surface area contributed by atoms with Crippen molar-refractivity contribution in [2.75, 3.05) is 18.4 Å². The van der Waals surface area contributed by atoms with Crippen molar-refractivity contribution in [3.63, 3.8) is 0 Å². The monoisotopic (exact) mass is 325 g/mol. The van der Waals surface area contributed by atoms with Crippen LogP contribution in [0.2, 0.25) is 5.02 Å². The fourth-order valence-electron chi connectivity index (χ4n) is 1.55. The quantitative estimate of drug-likeness (QED) is 0.724. The number of guanidine groups is 1. The first-order valence-corrected chi connectivity index (χ1v) is 5.91. The molecule has 3 rings (SSSR count). The number of aliphatic imine (C=N–C) groups is 1. The number of benzene rings is 1. The molecule has 0 saturated carbocycles. The lowest BCUT2D eigenvalue weighted by Gasteiger charge is -2.08. The van der Waals surface area contributed by atoms with E-state index in [-0.39, 0.29) is 26.2 Å². The standard InChI is InChI=1S/C9H8ClN5S.2ClH/c10-5-1-2-6-8(15-16-14-6)7(5)13-9-11-3-4-12-9;;/h1-2H,3-4H2,(H2,11,12,13);2*1H. The van der Waals surface area contributed by atoms with Gasteiger partial charge >= 0.3 is 1.43 Å². The zero-order valence-electron chi connectivity index (χ0n) is 9.98. The van der Waals surface area contributed by atoms with Crippen LogP contribution in [0.3, 0.4) is 0 Å². The summed E-state index contributed by atoms with van der Waals surface area (Å²) in [5.41, 5.74) is 2.39. The van der Waals surface area contributed by atoms with Crippen LogP contribution < -0.4 is 23.0 Å². The fraction of sp³-hybridized carbons (Fsp3) is 0.222. The molecule has 2 aromatic rings. The van der Waals surface area contributed by atoms with Crippen LogP contribution in [0.25, 0.3) is 11.0 Å². The van der Waals surface area contributed by atoms with Gasteiger partial charge in [-0.1, -0.05) is 11.6 Å². The molecule has 0 saturated heterocycles. The molecule has 0 atom stereocenters. The zero-order valence-corrected chi connectivity index (χ0v) is 12.1. The number of aromatic nitrogens is 2. The summed E-state index contributed by atoms with van der Waals surface area (Å²) in [6.45, 7) is 1.64. The molecule has 1 aliphatic heterocycles. The van der Waals surface area contributed by atoms with Crippen molar-refractivity contribution in [2.24, 2.45) is 4.99 Å². The summed E-state index contributed by atoms with van der Waals surface area (Å²) in [4.78, 5) is 4.25. The summed E-state index contributed by atoms with van der Waals surface area (Å²) in [5, 5.41) is 6.90. The summed E-state index contributed by atoms with van der Waals surface area (Å²) in [5.74, 6) is 0.738. The van der Waals surface area contributed by atoms with Crippen molar-refractivity contribution in [3.8, 4) is 0 Å². The summed E-state index contributed by atoms with van der Waals surface area (Å²) in [7, 11) is 0. The second kappa shape index (κ2) is 6.38. The van der Waals surface area contributed by atoms with E-state index in [2.05, 4.69) is 24.4 Å². The van der Waals surface area contributed by atoms with Crippen LogP contribution in [0.1, 0.15) is 1.43 Å². The van der Waals surface area contributed by atoms with Crippen molar-refractivity contribution in [1.82, 2.24) is 14.1 Å². The van der Waals surface area contributed by atoms with E-state index >= 15 is 0 Å². The van der Waals surface area contributed by atoms with Crippen LogP contribution >= 0.6 is 35.7 Å². The van der Waals surface area contributed by atoms with Gasteiger partial charge in [-0.25, -0.2) is 0 Å². The molecule has 0 fully saturated rings. The summed E-state index contributed by atoms with van der Waals surface area (Å²) < 4.78 is 8.39. The van der Waals surface area contributed by atoms with Gasteiger partial charge in [0.25, 0.3) is 0 Å². The Hall–Kier alpha value is -0.820. The van der Waals surface area contributed by atoms with Gasteiger partial charge in [0.2, 0.25) is 0 Å². The lowest BCUT2D eigenvalue weighted by atomic mass is 10.2. The molecule has 18 heavy (non-hydrogen) atoms. The molecule has 0 radical (unpaired) electrons. The average molecular weight is 327 g/mol. The van der Waals surface area contributed by atoms with Crippen LogP contribution in [-0.4, -0.2) is 27.8 Å². The highest BCUT2D eigenvalue weighted by molar-refractivity contribution is 7.00. The highest BCUT2D eigenvalue weighted by atomic mass is 35.5. The number of nitrogens with zero attached hydrogens (tertiary/aromatic N) is 3. The number of halogens is 3. The average Bonchev–Trinajstić information content (AvgIpc) is 2.92. The Morgan fingerprint density at radius 3 is 2.94 bits per heavy atom. The molecule has 0 amide bonds. The molecular formula is C9H10Cl3N5S. The third-order valence-corrected chi connectivity index (χ3v) is 3.15. The Bertz CT molecular complexity index is 576. The maximum absolute atomic E-state index is 6.13. The van der Waals surface area contributed by atoms with Crippen molar-refractivity contribution in [2.45, 2.75) is 0 Å². The number of hydrogen-bond donors (Lipinski definition) is 2. The molecule has 2 N–H and O–H groups in total. The zero-order chi connectivity index (χ0) is 11.0. The lowest BCUT2D eigenvalue weighted by Crippen LogP contribution is -3.00. The second-order valence-corrected chi connectivity index (χ2v) is 4.27. The van der Waals surface area contributed by atoms with Gasteiger partial charge in [-0.3, -0.25) is 4.99 Å². The molecule has 1 aliphatic rings. The molecule has 0 bridgehead atoms. The lowest BCUT2D eigenvalue weighted by molar-refractivity contribution is -0.00000343. The summed E-state index contributed by atoms with van der Waals surface area (Å²) in [6, 6.07) is 3.67. The Balaban J connectivity index is 0.00000108. The van der Waals surface area contributed by atoms with Crippen molar-refractivity contribution in [1.29, 1.82) is 0 Å². The Labute approximate surface area is 127 Å². The first kappa shape index (κ1) is 15.2. The van der Waals surface area contributed by atoms with Crippen molar-refractivity contribution >= 4 is 58.4 Å². The smallest absolute Gasteiger partial charge is 1.00 e. The Kier molecular flexibility index (Phi) is 5.40. The molecular weight excluding hydrogens is 317 g/mol. The van der Waals surface area contributed by atoms with Gasteiger partial charge in [0.1, 0.15) is 11.0 Å². The van der Waals surface area contributed by atoms with Gasteiger partial charge in [0.05, 0.1) is 29.0 Å². The maximum Gasteiger partial charge on any atom is 1.00 e. The van der Waals surface area contributed by atoms with Crippen LogP contribution in [0.5, 0.6) is 0 Å². The predicted octanol–water partition coefficient (Wildman–Crippen LogP) is -0.746. The maximum atomic E-state index is 6.13. The van der Waals surface area contributed by atoms with Crippen molar-refractivity contribution < 1.29 is 13.8 Å². The topological polar surface area (TPSA) is 62.2 Å². The van der Waals surface area contributed by atoms with Gasteiger partial charge in [0.15, 0.2) is 5.96 Å². The second-order valence-electron chi connectivity index (χ2n) is 3.34. The van der Waals surface area contributed by atoms with E-state index < -0.39 is 0 Å². The first-order chi connectivity index (χ1) is 7.84. The predicted molar refractivity (Wildman–Crippen MR) is 74.7 cm³/mol. The first-order valence-electron chi connectivity index (χ1n) is 4.81. The highest BCUT2D eigenvalue weighted by Crippen LogP contribution is 2.29. The van der Waals surface area contributed by atoms with E-state index in [0.29, 0.717) is 5.02 Å². The molecule has 0 aliphatic carbocycles. The normalized spacial score (nSPS) is 13.3. The summed E-state index contributed by atoms with van der Waals surface area (Å²) in [6.07, 6.45) is 0.